The number of carbonyl (C=O) groups is 1. The summed E-state index contributed by atoms with van der Waals surface area (Å²) in [4.78, 5) is 17.2. The summed E-state index contributed by atoms with van der Waals surface area (Å²) in [6, 6.07) is 6.67. The minimum Gasteiger partial charge on any atom is -0.338 e. The summed E-state index contributed by atoms with van der Waals surface area (Å²) in [5, 5.41) is 12.4. The van der Waals surface area contributed by atoms with Crippen molar-refractivity contribution in [2.24, 2.45) is 0 Å². The fourth-order valence-corrected chi connectivity index (χ4v) is 4.30. The van der Waals surface area contributed by atoms with Crippen molar-refractivity contribution >= 4 is 22.3 Å². The predicted octanol–water partition coefficient (Wildman–Crippen LogP) is 3.77. The van der Waals surface area contributed by atoms with Crippen molar-refractivity contribution in [3.8, 4) is 11.4 Å². The third-order valence-electron chi connectivity index (χ3n) is 4.87. The maximum atomic E-state index is 14.0. The zero-order chi connectivity index (χ0) is 18.6. The predicted molar refractivity (Wildman–Crippen MR) is 103 cm³/mol. The van der Waals surface area contributed by atoms with Crippen LogP contribution in [0.5, 0.6) is 0 Å². The molecule has 142 valence electrons. The fourth-order valence-electron chi connectivity index (χ4n) is 3.44. The molecule has 3 aromatic rings. The molecule has 1 fully saturated rings. The number of thiazole rings is 1. The van der Waals surface area contributed by atoms with Gasteiger partial charge in [-0.1, -0.05) is 31.4 Å². The summed E-state index contributed by atoms with van der Waals surface area (Å²) in [6.45, 7) is 0.513. The van der Waals surface area contributed by atoms with Gasteiger partial charge < -0.3 is 10.6 Å². The minimum atomic E-state index is -0.335. The van der Waals surface area contributed by atoms with Crippen LogP contribution in [0.1, 0.15) is 37.8 Å². The number of urea groups is 1. The number of carbonyl (C=O) groups excluding carboxylic acids is 1. The molecule has 1 saturated carbocycles. The molecule has 0 atom stereocenters. The molecule has 1 aliphatic rings. The van der Waals surface area contributed by atoms with Crippen LogP contribution in [0.2, 0.25) is 0 Å². The molecule has 2 N–H and O–H groups in total. The second-order valence-electron chi connectivity index (χ2n) is 6.82. The van der Waals surface area contributed by atoms with E-state index in [4.69, 9.17) is 0 Å². The lowest BCUT2D eigenvalue weighted by atomic mass is 9.96. The van der Waals surface area contributed by atoms with Gasteiger partial charge in [0.05, 0.1) is 11.3 Å². The molecule has 6 nitrogen and oxygen atoms in total. The average Bonchev–Trinajstić information content (AvgIpc) is 3.24. The standard InChI is InChI=1S/C19H22FN5OS/c20-16-9-5-4-8-15(16)17-23-19-25(24-17)14(12-27-19)10-11-21-18(26)22-13-6-2-1-3-7-13/h4-5,8-9,12-13H,1-3,6-7,10-11H2,(H2,21,22,26). The van der Waals surface area contributed by atoms with E-state index in [2.05, 4.69) is 20.7 Å². The summed E-state index contributed by atoms with van der Waals surface area (Å²) in [7, 11) is 0. The van der Waals surface area contributed by atoms with Gasteiger partial charge in [-0.15, -0.1) is 16.4 Å². The number of nitrogens with one attached hydrogen (secondary N) is 2. The van der Waals surface area contributed by atoms with E-state index in [-0.39, 0.29) is 11.8 Å². The van der Waals surface area contributed by atoms with Crippen LogP contribution >= 0.6 is 11.3 Å². The van der Waals surface area contributed by atoms with Crippen LogP contribution in [0.3, 0.4) is 0 Å². The number of aromatic nitrogens is 3. The lowest BCUT2D eigenvalue weighted by Crippen LogP contribution is -2.43. The highest BCUT2D eigenvalue weighted by molar-refractivity contribution is 7.15. The van der Waals surface area contributed by atoms with Gasteiger partial charge in [-0.3, -0.25) is 0 Å². The van der Waals surface area contributed by atoms with Crippen molar-refractivity contribution in [1.29, 1.82) is 0 Å². The number of halogens is 1. The number of rotatable bonds is 5. The van der Waals surface area contributed by atoms with Gasteiger partial charge in [-0.05, 0) is 25.0 Å². The Morgan fingerprint density at radius 1 is 1.26 bits per heavy atom. The van der Waals surface area contributed by atoms with E-state index in [0.717, 1.165) is 23.5 Å². The zero-order valence-electron chi connectivity index (χ0n) is 14.9. The molecular weight excluding hydrogens is 365 g/mol. The molecule has 0 bridgehead atoms. The Balaban J connectivity index is 1.36. The molecule has 2 amide bonds. The van der Waals surface area contributed by atoms with Crippen LogP contribution in [-0.4, -0.2) is 33.2 Å². The third-order valence-corrected chi connectivity index (χ3v) is 5.74. The van der Waals surface area contributed by atoms with Crippen LogP contribution in [0.15, 0.2) is 29.6 Å². The first kappa shape index (κ1) is 17.9. The van der Waals surface area contributed by atoms with Crippen molar-refractivity contribution < 1.29 is 9.18 Å². The maximum absolute atomic E-state index is 14.0. The van der Waals surface area contributed by atoms with E-state index in [1.165, 1.54) is 36.7 Å². The number of hydrogen-bond donors (Lipinski definition) is 2. The Hall–Kier alpha value is -2.48. The molecular formula is C19H22FN5OS. The van der Waals surface area contributed by atoms with Gasteiger partial charge in [0.2, 0.25) is 4.96 Å². The van der Waals surface area contributed by atoms with Gasteiger partial charge in [-0.2, -0.15) is 4.98 Å². The molecule has 4 rings (SSSR count). The van der Waals surface area contributed by atoms with Crippen molar-refractivity contribution in [3.05, 3.63) is 41.2 Å². The summed E-state index contributed by atoms with van der Waals surface area (Å²) in [6.07, 6.45) is 6.41. The van der Waals surface area contributed by atoms with Crippen molar-refractivity contribution in [3.63, 3.8) is 0 Å². The van der Waals surface area contributed by atoms with E-state index in [0.29, 0.717) is 30.4 Å². The van der Waals surface area contributed by atoms with E-state index in [9.17, 15) is 9.18 Å². The van der Waals surface area contributed by atoms with Crippen molar-refractivity contribution in [2.45, 2.75) is 44.6 Å². The molecule has 0 spiro atoms. The second kappa shape index (κ2) is 8.04. The Bertz CT molecular complexity index is 931. The van der Waals surface area contributed by atoms with E-state index >= 15 is 0 Å². The summed E-state index contributed by atoms with van der Waals surface area (Å²) in [5.41, 5.74) is 1.34. The SMILES string of the molecule is O=C(NCCc1csc2nc(-c3ccccc3F)nn12)NC1CCCCC1. The quantitative estimate of drug-likeness (QED) is 0.700. The van der Waals surface area contributed by atoms with Gasteiger partial charge >= 0.3 is 6.03 Å². The highest BCUT2D eigenvalue weighted by Crippen LogP contribution is 2.23. The normalized spacial score (nSPS) is 15.1. The summed E-state index contributed by atoms with van der Waals surface area (Å²) < 4.78 is 15.7. The van der Waals surface area contributed by atoms with Crippen LogP contribution in [0.4, 0.5) is 9.18 Å². The first-order valence-corrected chi connectivity index (χ1v) is 10.2. The molecule has 0 radical (unpaired) electrons. The maximum Gasteiger partial charge on any atom is 0.315 e. The molecule has 8 heteroatoms. The lowest BCUT2D eigenvalue weighted by Gasteiger charge is -2.22. The van der Waals surface area contributed by atoms with Gasteiger partial charge in [0.25, 0.3) is 0 Å². The number of benzene rings is 1. The molecule has 1 aliphatic carbocycles. The number of amides is 2. The molecule has 1 aromatic carbocycles. The second-order valence-corrected chi connectivity index (χ2v) is 7.66. The fraction of sp³-hybridized carbons (Fsp3) is 0.421. The van der Waals surface area contributed by atoms with E-state index in [1.807, 2.05) is 5.38 Å². The van der Waals surface area contributed by atoms with Crippen LogP contribution in [0, 0.1) is 5.82 Å². The van der Waals surface area contributed by atoms with Crippen molar-refractivity contribution in [2.75, 3.05) is 6.54 Å². The summed E-state index contributed by atoms with van der Waals surface area (Å²) in [5.74, 6) is 0.0440. The van der Waals surface area contributed by atoms with Crippen molar-refractivity contribution in [1.82, 2.24) is 25.2 Å². The average molecular weight is 387 g/mol. The van der Waals surface area contributed by atoms with Gasteiger partial charge in [0.1, 0.15) is 5.82 Å². The Morgan fingerprint density at radius 3 is 2.89 bits per heavy atom. The topological polar surface area (TPSA) is 71.3 Å². The number of fused-ring (bicyclic) bond motifs is 1. The molecule has 0 aliphatic heterocycles. The molecule has 2 heterocycles. The first-order valence-electron chi connectivity index (χ1n) is 9.33. The largest absolute Gasteiger partial charge is 0.338 e. The first-order chi connectivity index (χ1) is 13.2. The van der Waals surface area contributed by atoms with Gasteiger partial charge in [-0.25, -0.2) is 13.7 Å². The van der Waals surface area contributed by atoms with Crippen LogP contribution < -0.4 is 10.6 Å². The van der Waals surface area contributed by atoms with Gasteiger partial charge in [0.15, 0.2) is 5.82 Å². The number of nitrogens with zero attached hydrogens (tertiary/aromatic N) is 3. The monoisotopic (exact) mass is 387 g/mol. The summed E-state index contributed by atoms with van der Waals surface area (Å²) >= 11 is 1.46. The lowest BCUT2D eigenvalue weighted by molar-refractivity contribution is 0.233. The molecule has 2 aromatic heterocycles. The zero-order valence-corrected chi connectivity index (χ0v) is 15.8. The molecule has 0 unspecified atom stereocenters. The Labute approximate surface area is 160 Å². The van der Waals surface area contributed by atoms with Crippen LogP contribution in [-0.2, 0) is 6.42 Å². The highest BCUT2D eigenvalue weighted by Gasteiger charge is 2.16. The van der Waals surface area contributed by atoms with Gasteiger partial charge in [0, 0.05) is 24.4 Å². The van der Waals surface area contributed by atoms with E-state index < -0.39 is 0 Å². The number of hydrogen-bond acceptors (Lipinski definition) is 4. The molecule has 0 saturated heterocycles. The Morgan fingerprint density at radius 2 is 2.07 bits per heavy atom. The van der Waals surface area contributed by atoms with E-state index in [1.54, 1.807) is 22.7 Å². The molecule has 27 heavy (non-hydrogen) atoms. The smallest absolute Gasteiger partial charge is 0.315 e. The highest BCUT2D eigenvalue weighted by atomic mass is 32.1. The third kappa shape index (κ3) is 4.10. The Kier molecular flexibility index (Phi) is 5.33. The minimum absolute atomic E-state index is 0.112. The van der Waals surface area contributed by atoms with Crippen LogP contribution in [0.25, 0.3) is 16.3 Å².